The molecule has 0 aromatic heterocycles. The minimum Gasteiger partial charge on any atom is -0.340 e. The number of terminal acetylenes is 1. The number of quaternary nitrogens is 1. The molecule has 3 N–H and O–H groups in total. The SMILES string of the molecule is C#CCNC(=O)C[NH+](C)CC(=O)Nc1ccc(Cl)c(Cl)c1. The number of hydrogen-bond acceptors (Lipinski definition) is 2. The molecule has 0 bridgehead atoms. The minimum absolute atomic E-state index is 0.143. The number of hydrogen-bond donors (Lipinski definition) is 3. The fraction of sp³-hybridized carbons (Fsp3) is 0.286. The van der Waals surface area contributed by atoms with E-state index >= 15 is 0 Å². The summed E-state index contributed by atoms with van der Waals surface area (Å²) in [5, 5.41) is 6.01. The van der Waals surface area contributed by atoms with Crippen LogP contribution in [0.4, 0.5) is 5.69 Å². The first-order valence-electron chi connectivity index (χ1n) is 6.18. The summed E-state index contributed by atoms with van der Waals surface area (Å²) in [5.41, 5.74) is 0.555. The van der Waals surface area contributed by atoms with Crippen molar-refractivity contribution >= 4 is 40.7 Å². The van der Waals surface area contributed by atoms with E-state index in [0.29, 0.717) is 15.7 Å². The third-order valence-electron chi connectivity index (χ3n) is 2.52. The van der Waals surface area contributed by atoms with Gasteiger partial charge in [-0.1, -0.05) is 29.1 Å². The van der Waals surface area contributed by atoms with Crippen LogP contribution in [0.3, 0.4) is 0 Å². The van der Waals surface area contributed by atoms with Crippen molar-refractivity contribution in [3.05, 3.63) is 28.2 Å². The monoisotopic (exact) mass is 328 g/mol. The predicted molar refractivity (Wildman–Crippen MR) is 83.6 cm³/mol. The summed E-state index contributed by atoms with van der Waals surface area (Å²) >= 11 is 11.7. The molecule has 2 amide bonds. The predicted octanol–water partition coefficient (Wildman–Crippen LogP) is 0.196. The van der Waals surface area contributed by atoms with E-state index in [-0.39, 0.29) is 31.4 Å². The summed E-state index contributed by atoms with van der Waals surface area (Å²) in [5.74, 6) is 1.88. The minimum atomic E-state index is -0.226. The number of halogens is 2. The van der Waals surface area contributed by atoms with Crippen molar-refractivity contribution < 1.29 is 14.5 Å². The van der Waals surface area contributed by atoms with Crippen LogP contribution >= 0.6 is 23.2 Å². The van der Waals surface area contributed by atoms with Crippen LogP contribution in [0, 0.1) is 12.3 Å². The number of amides is 2. The Morgan fingerprint density at radius 1 is 1.24 bits per heavy atom. The molecule has 5 nitrogen and oxygen atoms in total. The van der Waals surface area contributed by atoms with Crippen LogP contribution in [0.15, 0.2) is 18.2 Å². The highest BCUT2D eigenvalue weighted by molar-refractivity contribution is 6.42. The molecule has 0 aliphatic rings. The Hall–Kier alpha value is -1.74. The number of nitrogens with one attached hydrogen (secondary N) is 3. The van der Waals surface area contributed by atoms with Gasteiger partial charge in [-0.05, 0) is 18.2 Å². The molecule has 7 heteroatoms. The lowest BCUT2D eigenvalue weighted by Crippen LogP contribution is -3.11. The number of benzene rings is 1. The van der Waals surface area contributed by atoms with Gasteiger partial charge in [0.15, 0.2) is 13.1 Å². The van der Waals surface area contributed by atoms with Crippen molar-refractivity contribution in [1.29, 1.82) is 0 Å². The third kappa shape index (κ3) is 6.50. The van der Waals surface area contributed by atoms with Gasteiger partial charge in [-0.2, -0.15) is 0 Å². The van der Waals surface area contributed by atoms with Gasteiger partial charge >= 0.3 is 0 Å². The summed E-state index contributed by atoms with van der Waals surface area (Å²) in [6, 6.07) is 4.82. The van der Waals surface area contributed by atoms with Crippen LogP contribution < -0.4 is 15.5 Å². The quantitative estimate of drug-likeness (QED) is 0.653. The fourth-order valence-corrected chi connectivity index (χ4v) is 1.90. The van der Waals surface area contributed by atoms with Gasteiger partial charge in [-0.15, -0.1) is 6.42 Å². The molecule has 0 aliphatic heterocycles. The van der Waals surface area contributed by atoms with Gasteiger partial charge in [0.25, 0.3) is 11.8 Å². The molecule has 0 heterocycles. The number of anilines is 1. The Labute approximate surface area is 133 Å². The van der Waals surface area contributed by atoms with Crippen LogP contribution in [0.1, 0.15) is 0 Å². The standard InChI is InChI=1S/C14H15Cl2N3O2/c1-3-6-17-13(20)8-19(2)9-14(21)18-10-4-5-11(15)12(16)7-10/h1,4-5,7H,6,8-9H2,2H3,(H,17,20)(H,18,21)/p+1. The van der Waals surface area contributed by atoms with Gasteiger partial charge < -0.3 is 15.5 Å². The second-order valence-electron chi connectivity index (χ2n) is 4.47. The second-order valence-corrected chi connectivity index (χ2v) is 5.28. The largest absolute Gasteiger partial charge is 0.340 e. The summed E-state index contributed by atoms with van der Waals surface area (Å²) in [6.45, 7) is 0.488. The maximum Gasteiger partial charge on any atom is 0.279 e. The fourth-order valence-electron chi connectivity index (χ4n) is 1.60. The van der Waals surface area contributed by atoms with Gasteiger partial charge in [0.05, 0.1) is 23.6 Å². The highest BCUT2D eigenvalue weighted by Gasteiger charge is 2.14. The molecule has 1 aromatic carbocycles. The van der Waals surface area contributed by atoms with E-state index < -0.39 is 0 Å². The highest BCUT2D eigenvalue weighted by atomic mass is 35.5. The van der Waals surface area contributed by atoms with Crippen molar-refractivity contribution in [3.8, 4) is 12.3 Å². The van der Waals surface area contributed by atoms with Crippen molar-refractivity contribution in [3.63, 3.8) is 0 Å². The maximum atomic E-state index is 11.8. The van der Waals surface area contributed by atoms with E-state index in [2.05, 4.69) is 16.6 Å². The molecule has 0 saturated carbocycles. The van der Waals surface area contributed by atoms with Crippen LogP contribution in [0.25, 0.3) is 0 Å². The molecule has 21 heavy (non-hydrogen) atoms. The number of rotatable bonds is 6. The first kappa shape index (κ1) is 17.3. The second kappa shape index (κ2) is 8.53. The molecule has 0 spiro atoms. The Bertz CT molecular complexity index is 570. The third-order valence-corrected chi connectivity index (χ3v) is 3.25. The van der Waals surface area contributed by atoms with E-state index in [1.165, 1.54) is 0 Å². The molecule has 0 radical (unpaired) electrons. The number of likely N-dealkylation sites (N-methyl/N-ethyl adjacent to an activating group) is 1. The van der Waals surface area contributed by atoms with Gasteiger partial charge in [0.1, 0.15) is 0 Å². The summed E-state index contributed by atoms with van der Waals surface area (Å²) in [4.78, 5) is 24.0. The zero-order chi connectivity index (χ0) is 15.8. The van der Waals surface area contributed by atoms with E-state index in [9.17, 15) is 9.59 Å². The van der Waals surface area contributed by atoms with Crippen molar-refractivity contribution in [2.45, 2.75) is 0 Å². The lowest BCUT2D eigenvalue weighted by Gasteiger charge is -2.13. The van der Waals surface area contributed by atoms with Crippen LogP contribution in [0.2, 0.25) is 10.0 Å². The molecule has 1 aromatic rings. The van der Waals surface area contributed by atoms with E-state index in [0.717, 1.165) is 4.90 Å². The Morgan fingerprint density at radius 3 is 2.52 bits per heavy atom. The average Bonchev–Trinajstić information content (AvgIpc) is 2.40. The maximum absolute atomic E-state index is 11.8. The van der Waals surface area contributed by atoms with E-state index in [1.807, 2.05) is 0 Å². The van der Waals surface area contributed by atoms with Gasteiger partial charge in [0.2, 0.25) is 0 Å². The van der Waals surface area contributed by atoms with Crippen LogP contribution in [-0.2, 0) is 9.59 Å². The average molecular weight is 329 g/mol. The molecule has 112 valence electrons. The Balaban J connectivity index is 2.44. The summed E-state index contributed by atoms with van der Waals surface area (Å²) in [6.07, 6.45) is 5.04. The van der Waals surface area contributed by atoms with Crippen molar-refractivity contribution in [1.82, 2.24) is 5.32 Å². The molecular weight excluding hydrogens is 313 g/mol. The number of carbonyl (C=O) groups excluding carboxylic acids is 2. The first-order valence-corrected chi connectivity index (χ1v) is 6.94. The lowest BCUT2D eigenvalue weighted by molar-refractivity contribution is -0.862. The van der Waals surface area contributed by atoms with Gasteiger partial charge in [-0.3, -0.25) is 9.59 Å². The van der Waals surface area contributed by atoms with Crippen LogP contribution in [0.5, 0.6) is 0 Å². The van der Waals surface area contributed by atoms with Crippen molar-refractivity contribution in [2.75, 3.05) is 32.0 Å². The first-order chi connectivity index (χ1) is 9.92. The summed E-state index contributed by atoms with van der Waals surface area (Å²) in [7, 11) is 1.74. The number of carbonyl (C=O) groups is 2. The van der Waals surface area contributed by atoms with Crippen molar-refractivity contribution in [2.24, 2.45) is 0 Å². The lowest BCUT2D eigenvalue weighted by atomic mass is 10.3. The molecule has 1 rings (SSSR count). The zero-order valence-corrected chi connectivity index (χ0v) is 13.0. The van der Waals surface area contributed by atoms with E-state index in [1.54, 1.807) is 25.2 Å². The molecule has 1 atom stereocenters. The molecule has 0 aliphatic carbocycles. The summed E-state index contributed by atoms with van der Waals surface area (Å²) < 4.78 is 0. The Morgan fingerprint density at radius 2 is 1.90 bits per heavy atom. The smallest absolute Gasteiger partial charge is 0.279 e. The van der Waals surface area contributed by atoms with Gasteiger partial charge in [0, 0.05) is 5.69 Å². The normalized spacial score (nSPS) is 11.3. The Kier molecular flexibility index (Phi) is 7.03. The molecule has 0 saturated heterocycles. The van der Waals surface area contributed by atoms with Crippen LogP contribution in [-0.4, -0.2) is 38.5 Å². The molecule has 1 unspecified atom stereocenters. The van der Waals surface area contributed by atoms with Gasteiger partial charge in [-0.25, -0.2) is 0 Å². The topological polar surface area (TPSA) is 62.6 Å². The van der Waals surface area contributed by atoms with E-state index in [4.69, 9.17) is 29.6 Å². The highest BCUT2D eigenvalue weighted by Crippen LogP contribution is 2.24. The zero-order valence-electron chi connectivity index (χ0n) is 11.5. The molecule has 0 fully saturated rings. The molecular formula is C14H16Cl2N3O2+.